The first-order chi connectivity index (χ1) is 13.4. The van der Waals surface area contributed by atoms with E-state index in [-0.39, 0.29) is 12.0 Å². The van der Waals surface area contributed by atoms with Gasteiger partial charge < -0.3 is 19.7 Å². The first-order valence-electron chi connectivity index (χ1n) is 10.0. The second kappa shape index (κ2) is 7.45. The molecule has 0 radical (unpaired) electrons. The molecule has 1 saturated heterocycles. The SMILES string of the molecule is CC(C)(C)OC(=O)N1CCC(COc2nc3ccccc3nc2NC2CC2)C1. The van der Waals surface area contributed by atoms with Gasteiger partial charge in [-0.2, -0.15) is 0 Å². The average molecular weight is 384 g/mol. The molecule has 1 N–H and O–H groups in total. The van der Waals surface area contributed by atoms with Crippen molar-refractivity contribution < 1.29 is 14.3 Å². The van der Waals surface area contributed by atoms with Crippen LogP contribution in [0.2, 0.25) is 0 Å². The fraction of sp³-hybridized carbons (Fsp3) is 0.571. The van der Waals surface area contributed by atoms with Crippen molar-refractivity contribution in [3.8, 4) is 5.88 Å². The van der Waals surface area contributed by atoms with Gasteiger partial charge in [0.1, 0.15) is 5.60 Å². The second-order valence-corrected chi connectivity index (χ2v) is 8.68. The fourth-order valence-corrected chi connectivity index (χ4v) is 3.26. The molecule has 1 unspecified atom stereocenters. The van der Waals surface area contributed by atoms with Crippen molar-refractivity contribution >= 4 is 22.9 Å². The Morgan fingerprint density at radius 2 is 1.89 bits per heavy atom. The zero-order chi connectivity index (χ0) is 19.7. The minimum absolute atomic E-state index is 0.253. The number of para-hydroxylation sites is 2. The molecular weight excluding hydrogens is 356 g/mol. The van der Waals surface area contributed by atoms with E-state index < -0.39 is 5.60 Å². The molecule has 0 bridgehead atoms. The quantitative estimate of drug-likeness (QED) is 0.844. The van der Waals surface area contributed by atoms with Crippen molar-refractivity contribution in [3.05, 3.63) is 24.3 Å². The number of carbonyl (C=O) groups excluding carboxylic acids is 1. The number of carbonyl (C=O) groups is 1. The van der Waals surface area contributed by atoms with Crippen LogP contribution in [-0.4, -0.2) is 52.3 Å². The van der Waals surface area contributed by atoms with Crippen LogP contribution < -0.4 is 10.1 Å². The van der Waals surface area contributed by atoms with Crippen molar-refractivity contribution in [1.29, 1.82) is 0 Å². The Morgan fingerprint density at radius 3 is 2.57 bits per heavy atom. The number of nitrogens with one attached hydrogen (secondary N) is 1. The summed E-state index contributed by atoms with van der Waals surface area (Å²) in [5.74, 6) is 1.51. The van der Waals surface area contributed by atoms with Crippen LogP contribution in [-0.2, 0) is 4.74 Å². The molecular formula is C21H28N4O3. The van der Waals surface area contributed by atoms with Gasteiger partial charge in [-0.3, -0.25) is 0 Å². The Bertz CT molecular complexity index is 860. The minimum Gasteiger partial charge on any atom is -0.475 e. The summed E-state index contributed by atoms with van der Waals surface area (Å²) < 4.78 is 11.5. The van der Waals surface area contributed by atoms with E-state index in [4.69, 9.17) is 14.5 Å². The van der Waals surface area contributed by atoms with Crippen LogP contribution in [0.5, 0.6) is 5.88 Å². The molecule has 1 amide bonds. The van der Waals surface area contributed by atoms with Crippen molar-refractivity contribution in [2.24, 2.45) is 5.92 Å². The maximum Gasteiger partial charge on any atom is 0.410 e. The number of anilines is 1. The minimum atomic E-state index is -0.476. The van der Waals surface area contributed by atoms with Gasteiger partial charge in [-0.1, -0.05) is 12.1 Å². The third-order valence-electron chi connectivity index (χ3n) is 4.85. The third kappa shape index (κ3) is 4.64. The molecule has 1 aromatic carbocycles. The molecule has 1 atom stereocenters. The first-order valence-corrected chi connectivity index (χ1v) is 10.0. The lowest BCUT2D eigenvalue weighted by Gasteiger charge is -2.24. The Balaban J connectivity index is 1.40. The summed E-state index contributed by atoms with van der Waals surface area (Å²) >= 11 is 0. The van der Waals surface area contributed by atoms with Crippen molar-refractivity contribution in [1.82, 2.24) is 14.9 Å². The number of ether oxygens (including phenoxy) is 2. The lowest BCUT2D eigenvalue weighted by atomic mass is 10.1. The summed E-state index contributed by atoms with van der Waals surface area (Å²) in [5, 5.41) is 3.42. The second-order valence-electron chi connectivity index (χ2n) is 8.68. The van der Waals surface area contributed by atoms with Crippen LogP contribution in [0.4, 0.5) is 10.6 Å². The number of likely N-dealkylation sites (tertiary alicyclic amines) is 1. The summed E-state index contributed by atoms with van der Waals surface area (Å²) in [6.07, 6.45) is 2.95. The highest BCUT2D eigenvalue weighted by atomic mass is 16.6. The van der Waals surface area contributed by atoms with Gasteiger partial charge in [0.05, 0.1) is 17.6 Å². The molecule has 1 aliphatic carbocycles. The van der Waals surface area contributed by atoms with Gasteiger partial charge in [-0.25, -0.2) is 14.8 Å². The van der Waals surface area contributed by atoms with Crippen LogP contribution >= 0.6 is 0 Å². The number of nitrogens with zero attached hydrogens (tertiary/aromatic N) is 3. The predicted octanol–water partition coefficient (Wildman–Crippen LogP) is 3.84. The smallest absolute Gasteiger partial charge is 0.410 e. The van der Waals surface area contributed by atoms with Crippen LogP contribution in [0.3, 0.4) is 0 Å². The summed E-state index contributed by atoms with van der Waals surface area (Å²) in [4.78, 5) is 23.4. The molecule has 28 heavy (non-hydrogen) atoms. The van der Waals surface area contributed by atoms with Gasteiger partial charge in [0, 0.05) is 25.0 Å². The van der Waals surface area contributed by atoms with E-state index in [0.29, 0.717) is 37.4 Å². The molecule has 1 saturated carbocycles. The lowest BCUT2D eigenvalue weighted by molar-refractivity contribution is 0.0284. The van der Waals surface area contributed by atoms with E-state index >= 15 is 0 Å². The third-order valence-corrected chi connectivity index (χ3v) is 4.85. The molecule has 2 aliphatic rings. The topological polar surface area (TPSA) is 76.6 Å². The molecule has 1 aliphatic heterocycles. The zero-order valence-corrected chi connectivity index (χ0v) is 16.8. The summed E-state index contributed by atoms with van der Waals surface area (Å²) in [5.41, 5.74) is 1.20. The van der Waals surface area contributed by atoms with Crippen molar-refractivity contribution in [2.75, 3.05) is 25.0 Å². The summed E-state index contributed by atoms with van der Waals surface area (Å²) in [7, 11) is 0. The number of hydrogen-bond acceptors (Lipinski definition) is 6. The molecule has 4 rings (SSSR count). The van der Waals surface area contributed by atoms with Crippen LogP contribution in [0.25, 0.3) is 11.0 Å². The van der Waals surface area contributed by atoms with E-state index in [1.807, 2.05) is 45.0 Å². The van der Waals surface area contributed by atoms with Gasteiger partial charge in [0.25, 0.3) is 5.88 Å². The number of fused-ring (bicyclic) bond motifs is 1. The Hall–Kier alpha value is -2.57. The number of hydrogen-bond donors (Lipinski definition) is 1. The summed E-state index contributed by atoms with van der Waals surface area (Å²) in [6, 6.07) is 8.27. The highest BCUT2D eigenvalue weighted by Gasteiger charge is 2.31. The maximum absolute atomic E-state index is 12.2. The Morgan fingerprint density at radius 1 is 1.18 bits per heavy atom. The van der Waals surface area contributed by atoms with E-state index in [2.05, 4.69) is 10.3 Å². The number of amides is 1. The van der Waals surface area contributed by atoms with Crippen molar-refractivity contribution in [3.63, 3.8) is 0 Å². The zero-order valence-electron chi connectivity index (χ0n) is 16.8. The van der Waals surface area contributed by atoms with Crippen molar-refractivity contribution in [2.45, 2.75) is 51.7 Å². The standard InChI is InChI=1S/C21H28N4O3/c1-21(2,3)28-20(26)25-11-10-14(12-25)13-27-19-18(22-15-8-9-15)23-16-6-4-5-7-17(16)24-19/h4-7,14-15H,8-13H2,1-3H3,(H,22,23). The molecule has 1 aromatic heterocycles. The van der Waals surface area contributed by atoms with Gasteiger partial charge in [-0.05, 0) is 52.2 Å². The molecule has 150 valence electrons. The normalized spacial score (nSPS) is 19.7. The predicted molar refractivity (Wildman–Crippen MR) is 108 cm³/mol. The first kappa shape index (κ1) is 18.8. The van der Waals surface area contributed by atoms with Gasteiger partial charge in [0.2, 0.25) is 0 Å². The highest BCUT2D eigenvalue weighted by molar-refractivity contribution is 5.77. The molecule has 7 heteroatoms. The molecule has 2 aromatic rings. The van der Waals surface area contributed by atoms with E-state index in [1.54, 1.807) is 4.90 Å². The lowest BCUT2D eigenvalue weighted by Crippen LogP contribution is -2.35. The van der Waals surface area contributed by atoms with Gasteiger partial charge in [-0.15, -0.1) is 0 Å². The van der Waals surface area contributed by atoms with Crippen LogP contribution in [0, 0.1) is 5.92 Å². The van der Waals surface area contributed by atoms with E-state index in [0.717, 1.165) is 30.3 Å². The highest BCUT2D eigenvalue weighted by Crippen LogP contribution is 2.30. The van der Waals surface area contributed by atoms with Crippen LogP contribution in [0.1, 0.15) is 40.0 Å². The Kier molecular flexibility index (Phi) is 5.00. The molecule has 2 fully saturated rings. The molecule has 7 nitrogen and oxygen atoms in total. The van der Waals surface area contributed by atoms with E-state index in [9.17, 15) is 4.79 Å². The number of rotatable bonds is 5. The largest absolute Gasteiger partial charge is 0.475 e. The van der Waals surface area contributed by atoms with Crippen LogP contribution in [0.15, 0.2) is 24.3 Å². The Labute approximate surface area is 165 Å². The monoisotopic (exact) mass is 384 g/mol. The number of aromatic nitrogens is 2. The number of benzene rings is 1. The molecule has 2 heterocycles. The van der Waals surface area contributed by atoms with E-state index in [1.165, 1.54) is 0 Å². The van der Waals surface area contributed by atoms with Gasteiger partial charge >= 0.3 is 6.09 Å². The summed E-state index contributed by atoms with van der Waals surface area (Å²) in [6.45, 7) is 7.49. The van der Waals surface area contributed by atoms with Gasteiger partial charge in [0.15, 0.2) is 5.82 Å². The molecule has 0 spiro atoms. The fourth-order valence-electron chi connectivity index (χ4n) is 3.26. The average Bonchev–Trinajstić information content (AvgIpc) is 3.32. The maximum atomic E-state index is 12.2.